The summed E-state index contributed by atoms with van der Waals surface area (Å²) in [6.45, 7) is 2.72. The summed E-state index contributed by atoms with van der Waals surface area (Å²) < 4.78 is 15.2. The van der Waals surface area contributed by atoms with E-state index in [4.69, 9.17) is 0 Å². The first kappa shape index (κ1) is 18.2. The van der Waals surface area contributed by atoms with Crippen molar-refractivity contribution in [2.24, 2.45) is 7.05 Å². The predicted molar refractivity (Wildman–Crippen MR) is 102 cm³/mol. The van der Waals surface area contributed by atoms with Crippen LogP contribution in [-0.2, 0) is 29.6 Å². The fourth-order valence-electron chi connectivity index (χ4n) is 3.80. The number of amides is 2. The van der Waals surface area contributed by atoms with Crippen LogP contribution in [0, 0.1) is 5.82 Å². The molecule has 2 N–H and O–H groups in total. The van der Waals surface area contributed by atoms with E-state index < -0.39 is 5.92 Å². The van der Waals surface area contributed by atoms with Crippen LogP contribution in [0.15, 0.2) is 30.6 Å². The first-order valence-electron chi connectivity index (χ1n) is 9.23. The molecule has 0 saturated heterocycles. The molecule has 1 aromatic carbocycles. The lowest BCUT2D eigenvalue weighted by atomic mass is 9.95. The molecule has 28 heavy (non-hydrogen) atoms. The average Bonchev–Trinajstić information content (AvgIpc) is 3.22. The lowest BCUT2D eigenvalue weighted by Crippen LogP contribution is -2.43. The summed E-state index contributed by atoms with van der Waals surface area (Å²) in [6, 6.07) is 4.61. The number of H-pyrrole nitrogens is 1. The van der Waals surface area contributed by atoms with E-state index in [0.29, 0.717) is 26.1 Å². The van der Waals surface area contributed by atoms with Gasteiger partial charge in [-0.2, -0.15) is 5.10 Å². The number of halogens is 1. The Balaban J connectivity index is 1.45. The van der Waals surface area contributed by atoms with Crippen molar-refractivity contribution in [3.05, 3.63) is 53.2 Å². The van der Waals surface area contributed by atoms with E-state index in [-0.39, 0.29) is 17.6 Å². The van der Waals surface area contributed by atoms with Crippen LogP contribution in [0.2, 0.25) is 0 Å². The quantitative estimate of drug-likeness (QED) is 0.721. The number of nitrogens with zero attached hydrogens (tertiary/aromatic N) is 3. The van der Waals surface area contributed by atoms with Crippen molar-refractivity contribution in [1.82, 2.24) is 25.0 Å². The Labute approximate surface area is 161 Å². The minimum Gasteiger partial charge on any atom is -0.361 e. The highest BCUT2D eigenvalue weighted by Gasteiger charge is 2.34. The molecule has 0 saturated carbocycles. The monoisotopic (exact) mass is 383 g/mol. The van der Waals surface area contributed by atoms with Crippen LogP contribution in [0.4, 0.5) is 4.39 Å². The molecule has 7 nitrogen and oxygen atoms in total. The van der Waals surface area contributed by atoms with E-state index in [2.05, 4.69) is 15.4 Å². The number of aromatic nitrogens is 3. The van der Waals surface area contributed by atoms with Gasteiger partial charge in [0.2, 0.25) is 11.8 Å². The summed E-state index contributed by atoms with van der Waals surface area (Å²) in [5.74, 6) is -0.995. The fraction of sp³-hybridized carbons (Fsp3) is 0.350. The number of carbonyl (C=O) groups is 2. The Morgan fingerprint density at radius 2 is 2.21 bits per heavy atom. The molecule has 0 spiro atoms. The number of aryl methyl sites for hydroxylation is 1. The first-order chi connectivity index (χ1) is 13.4. The summed E-state index contributed by atoms with van der Waals surface area (Å²) in [7, 11) is 1.81. The SMILES string of the molecule is CC(=O)N1Cc2cn(C)nc2[C@@H](C(=O)NCCc2c[nH]c3ccc(F)cc23)C1. The Kier molecular flexibility index (Phi) is 4.62. The number of aromatic amines is 1. The maximum Gasteiger partial charge on any atom is 0.231 e. The van der Waals surface area contributed by atoms with Gasteiger partial charge < -0.3 is 15.2 Å². The molecule has 2 aromatic heterocycles. The smallest absolute Gasteiger partial charge is 0.231 e. The molecule has 1 aliphatic rings. The van der Waals surface area contributed by atoms with Crippen molar-refractivity contribution in [1.29, 1.82) is 0 Å². The van der Waals surface area contributed by atoms with Crippen molar-refractivity contribution >= 4 is 22.7 Å². The summed E-state index contributed by atoms with van der Waals surface area (Å²) in [4.78, 5) is 29.4. The minimum atomic E-state index is -0.491. The topological polar surface area (TPSA) is 83.0 Å². The van der Waals surface area contributed by atoms with Crippen LogP contribution in [-0.4, -0.2) is 44.6 Å². The summed E-state index contributed by atoms with van der Waals surface area (Å²) in [5, 5.41) is 8.19. The molecule has 0 unspecified atom stereocenters. The van der Waals surface area contributed by atoms with Gasteiger partial charge in [-0.1, -0.05) is 0 Å². The molecule has 3 aromatic rings. The molecule has 0 radical (unpaired) electrons. The van der Waals surface area contributed by atoms with Gasteiger partial charge in [0.1, 0.15) is 5.82 Å². The van der Waals surface area contributed by atoms with Gasteiger partial charge in [0.15, 0.2) is 0 Å². The van der Waals surface area contributed by atoms with E-state index in [1.54, 1.807) is 15.6 Å². The second-order valence-corrected chi connectivity index (χ2v) is 7.21. The van der Waals surface area contributed by atoms with E-state index in [1.807, 2.05) is 19.4 Å². The largest absolute Gasteiger partial charge is 0.361 e. The van der Waals surface area contributed by atoms with Crippen molar-refractivity contribution in [2.75, 3.05) is 13.1 Å². The van der Waals surface area contributed by atoms with Crippen LogP contribution >= 0.6 is 0 Å². The number of benzene rings is 1. The van der Waals surface area contributed by atoms with Gasteiger partial charge in [-0.05, 0) is 30.2 Å². The molecule has 1 aliphatic heterocycles. The lowest BCUT2D eigenvalue weighted by molar-refractivity contribution is -0.131. The summed E-state index contributed by atoms with van der Waals surface area (Å²) in [5.41, 5.74) is 3.44. The first-order valence-corrected chi connectivity index (χ1v) is 9.23. The maximum atomic E-state index is 13.5. The number of rotatable bonds is 4. The van der Waals surface area contributed by atoms with Crippen LogP contribution < -0.4 is 5.32 Å². The summed E-state index contributed by atoms with van der Waals surface area (Å²) >= 11 is 0. The van der Waals surface area contributed by atoms with Crippen LogP contribution in [0.5, 0.6) is 0 Å². The Hall–Kier alpha value is -3.16. The minimum absolute atomic E-state index is 0.0619. The Morgan fingerprint density at radius 1 is 1.39 bits per heavy atom. The maximum absolute atomic E-state index is 13.5. The zero-order valence-corrected chi connectivity index (χ0v) is 15.8. The fourth-order valence-corrected chi connectivity index (χ4v) is 3.80. The van der Waals surface area contributed by atoms with Crippen molar-refractivity contribution in [3.63, 3.8) is 0 Å². The highest BCUT2D eigenvalue weighted by atomic mass is 19.1. The van der Waals surface area contributed by atoms with Crippen LogP contribution in [0.3, 0.4) is 0 Å². The number of carbonyl (C=O) groups excluding carboxylic acids is 2. The van der Waals surface area contributed by atoms with Crippen molar-refractivity contribution in [3.8, 4) is 0 Å². The third-order valence-corrected chi connectivity index (χ3v) is 5.22. The van der Waals surface area contributed by atoms with Crippen molar-refractivity contribution < 1.29 is 14.0 Å². The van der Waals surface area contributed by atoms with E-state index >= 15 is 0 Å². The van der Waals surface area contributed by atoms with Crippen LogP contribution in [0.25, 0.3) is 10.9 Å². The summed E-state index contributed by atoms with van der Waals surface area (Å²) in [6.07, 6.45) is 4.27. The van der Waals surface area contributed by atoms with Gasteiger partial charge in [0.05, 0.1) is 11.6 Å². The molecule has 1 atom stereocenters. The van der Waals surface area contributed by atoms with Crippen LogP contribution in [0.1, 0.15) is 29.7 Å². The van der Waals surface area contributed by atoms with Crippen molar-refractivity contribution in [2.45, 2.75) is 25.8 Å². The molecule has 0 bridgehead atoms. The third kappa shape index (κ3) is 3.37. The molecule has 8 heteroatoms. The zero-order valence-electron chi connectivity index (χ0n) is 15.8. The molecule has 2 amide bonds. The molecular formula is C20H22FN5O2. The number of hydrogen-bond donors (Lipinski definition) is 2. The Bertz CT molecular complexity index is 1050. The molecule has 0 aliphatic carbocycles. The number of hydrogen-bond acceptors (Lipinski definition) is 3. The average molecular weight is 383 g/mol. The van der Waals surface area contributed by atoms with E-state index in [0.717, 1.165) is 27.7 Å². The Morgan fingerprint density at radius 3 is 3.00 bits per heavy atom. The van der Waals surface area contributed by atoms with E-state index in [9.17, 15) is 14.0 Å². The van der Waals surface area contributed by atoms with Gasteiger partial charge >= 0.3 is 0 Å². The highest BCUT2D eigenvalue weighted by molar-refractivity contribution is 5.86. The molecule has 0 fully saturated rings. The lowest BCUT2D eigenvalue weighted by Gasteiger charge is -2.30. The number of nitrogens with one attached hydrogen (secondary N) is 2. The third-order valence-electron chi connectivity index (χ3n) is 5.22. The normalized spacial score (nSPS) is 16.2. The molecule has 146 valence electrons. The molecule has 4 rings (SSSR count). The van der Waals surface area contributed by atoms with Gasteiger partial charge in [-0.15, -0.1) is 0 Å². The number of fused-ring (bicyclic) bond motifs is 2. The highest BCUT2D eigenvalue weighted by Crippen LogP contribution is 2.27. The zero-order chi connectivity index (χ0) is 19.8. The van der Waals surface area contributed by atoms with Gasteiger partial charge in [0, 0.05) is 62.5 Å². The van der Waals surface area contributed by atoms with Gasteiger partial charge in [-0.25, -0.2) is 4.39 Å². The van der Waals surface area contributed by atoms with Gasteiger partial charge in [0.25, 0.3) is 0 Å². The standard InChI is InChI=1S/C20H22FN5O2/c1-12(27)26-10-14-9-25(2)24-19(14)17(11-26)20(28)22-6-5-13-8-23-18-4-3-15(21)7-16(13)18/h3-4,7-9,17,23H,5-6,10-11H2,1-2H3,(H,22,28)/t17-/m0/s1. The van der Waals surface area contributed by atoms with E-state index in [1.165, 1.54) is 19.1 Å². The predicted octanol–water partition coefficient (Wildman–Crippen LogP) is 1.85. The molecule has 3 heterocycles. The second-order valence-electron chi connectivity index (χ2n) is 7.21. The van der Waals surface area contributed by atoms with Gasteiger partial charge in [-0.3, -0.25) is 14.3 Å². The molecular weight excluding hydrogens is 361 g/mol. The second kappa shape index (κ2) is 7.10.